The van der Waals surface area contributed by atoms with Crippen molar-refractivity contribution in [3.05, 3.63) is 101 Å². The van der Waals surface area contributed by atoms with Crippen LogP contribution in [0.3, 0.4) is 0 Å². The molecule has 0 saturated heterocycles. The van der Waals surface area contributed by atoms with Crippen molar-refractivity contribution < 1.29 is 27.8 Å². The highest BCUT2D eigenvalue weighted by Gasteiger charge is 2.34. The Morgan fingerprint density at radius 1 is 1.00 bits per heavy atom. The highest BCUT2D eigenvalue weighted by molar-refractivity contribution is 6.04. The van der Waals surface area contributed by atoms with Crippen LogP contribution in [0.25, 0.3) is 0 Å². The number of hydrogen-bond acceptors (Lipinski definition) is 5. The molecule has 1 atom stereocenters. The Morgan fingerprint density at radius 2 is 1.70 bits per heavy atom. The quantitative estimate of drug-likeness (QED) is 0.429. The Hall–Kier alpha value is -4.11. The number of hydrazone groups is 1. The van der Waals surface area contributed by atoms with Gasteiger partial charge in [-0.15, -0.1) is 0 Å². The summed E-state index contributed by atoms with van der Waals surface area (Å²) >= 11 is 0. The van der Waals surface area contributed by atoms with Crippen molar-refractivity contribution in [2.75, 3.05) is 33.9 Å². The topological polar surface area (TPSA) is 71.4 Å². The molecule has 2 amide bonds. The summed E-state index contributed by atoms with van der Waals surface area (Å²) in [7, 11) is 3.05. The molecule has 0 N–H and O–H groups in total. The maximum atomic E-state index is 14.3. The molecule has 1 aliphatic heterocycles. The van der Waals surface area contributed by atoms with E-state index in [1.165, 1.54) is 47.4 Å². The van der Waals surface area contributed by atoms with Crippen LogP contribution < -0.4 is 4.74 Å². The summed E-state index contributed by atoms with van der Waals surface area (Å²) < 4.78 is 38.3. The van der Waals surface area contributed by atoms with E-state index < -0.39 is 29.5 Å². The molecule has 1 heterocycles. The van der Waals surface area contributed by atoms with Crippen molar-refractivity contribution in [1.29, 1.82) is 0 Å². The van der Waals surface area contributed by atoms with Crippen LogP contribution >= 0.6 is 0 Å². The number of methoxy groups -OCH3 is 2. The molecule has 0 saturated carbocycles. The van der Waals surface area contributed by atoms with Gasteiger partial charge < -0.3 is 14.4 Å². The van der Waals surface area contributed by atoms with Crippen LogP contribution in [0.1, 0.15) is 33.9 Å². The second kappa shape index (κ2) is 11.7. The number of nitrogens with zero attached hydrogens (tertiary/aromatic N) is 3. The average molecular weight is 508 g/mol. The lowest BCUT2D eigenvalue weighted by atomic mass is 9.98. The maximum absolute atomic E-state index is 14.3. The molecule has 3 aromatic carbocycles. The number of hydrogen-bond donors (Lipinski definition) is 0. The zero-order valence-electron chi connectivity index (χ0n) is 20.6. The van der Waals surface area contributed by atoms with Gasteiger partial charge in [0.15, 0.2) is 0 Å². The fourth-order valence-corrected chi connectivity index (χ4v) is 4.14. The third-order valence-electron chi connectivity index (χ3n) is 6.13. The number of rotatable bonds is 9. The van der Waals surface area contributed by atoms with E-state index in [1.54, 1.807) is 37.4 Å². The average Bonchev–Trinajstić information content (AvgIpc) is 3.37. The van der Waals surface area contributed by atoms with Crippen LogP contribution in [0.2, 0.25) is 0 Å². The Kier molecular flexibility index (Phi) is 8.25. The second-order valence-electron chi connectivity index (χ2n) is 8.48. The van der Waals surface area contributed by atoms with E-state index in [2.05, 4.69) is 5.10 Å². The number of halogens is 2. The second-order valence-corrected chi connectivity index (χ2v) is 8.48. The summed E-state index contributed by atoms with van der Waals surface area (Å²) in [4.78, 5) is 27.9. The van der Waals surface area contributed by atoms with Gasteiger partial charge in [0.2, 0.25) is 0 Å². The van der Waals surface area contributed by atoms with E-state index in [4.69, 9.17) is 9.47 Å². The Balaban J connectivity index is 1.63. The molecule has 4 rings (SSSR count). The zero-order chi connectivity index (χ0) is 26.4. The molecule has 0 radical (unpaired) electrons. The lowest BCUT2D eigenvalue weighted by Gasteiger charge is -2.27. The summed E-state index contributed by atoms with van der Waals surface area (Å²) in [5.74, 6) is -1.46. The number of carbonyl (C=O) groups is 2. The first-order valence-corrected chi connectivity index (χ1v) is 11.7. The lowest BCUT2D eigenvalue weighted by molar-refractivity contribution is -0.133. The van der Waals surface area contributed by atoms with E-state index in [0.29, 0.717) is 23.4 Å². The fourth-order valence-electron chi connectivity index (χ4n) is 4.14. The van der Waals surface area contributed by atoms with Crippen molar-refractivity contribution in [2.24, 2.45) is 5.10 Å². The number of benzene rings is 3. The summed E-state index contributed by atoms with van der Waals surface area (Å²) in [6.45, 7) is -0.0949. The summed E-state index contributed by atoms with van der Waals surface area (Å²) in [6, 6.07) is 18.3. The van der Waals surface area contributed by atoms with Gasteiger partial charge in [-0.25, -0.2) is 13.8 Å². The summed E-state index contributed by atoms with van der Waals surface area (Å²) in [5.41, 5.74) is 2.03. The first-order valence-electron chi connectivity index (χ1n) is 11.7. The zero-order valence-corrected chi connectivity index (χ0v) is 20.6. The van der Waals surface area contributed by atoms with Gasteiger partial charge in [0, 0.05) is 20.1 Å². The van der Waals surface area contributed by atoms with E-state index in [9.17, 15) is 18.4 Å². The summed E-state index contributed by atoms with van der Waals surface area (Å²) in [5, 5.41) is 5.92. The third-order valence-corrected chi connectivity index (χ3v) is 6.13. The molecule has 0 fully saturated rings. The van der Waals surface area contributed by atoms with Crippen molar-refractivity contribution >= 4 is 17.5 Å². The molecular formula is C28H27F2N3O4. The van der Waals surface area contributed by atoms with Gasteiger partial charge in [-0.3, -0.25) is 9.59 Å². The molecule has 1 aliphatic rings. The molecular weight excluding hydrogens is 480 g/mol. The van der Waals surface area contributed by atoms with Gasteiger partial charge in [0.25, 0.3) is 11.8 Å². The molecule has 0 spiro atoms. The van der Waals surface area contributed by atoms with Crippen LogP contribution in [0.15, 0.2) is 77.9 Å². The normalized spacial score (nSPS) is 14.9. The monoisotopic (exact) mass is 507 g/mol. The maximum Gasteiger partial charge on any atom is 0.262 e. The van der Waals surface area contributed by atoms with Gasteiger partial charge in [0.05, 0.1) is 31.0 Å². The van der Waals surface area contributed by atoms with Gasteiger partial charge in [-0.2, -0.15) is 5.10 Å². The first-order chi connectivity index (χ1) is 17.9. The van der Waals surface area contributed by atoms with Crippen molar-refractivity contribution in [2.45, 2.75) is 12.5 Å². The van der Waals surface area contributed by atoms with Crippen LogP contribution in [-0.2, 0) is 9.53 Å². The molecule has 3 aromatic rings. The number of amides is 2. The minimum atomic E-state index is -0.674. The Morgan fingerprint density at radius 3 is 2.35 bits per heavy atom. The predicted molar refractivity (Wildman–Crippen MR) is 134 cm³/mol. The minimum absolute atomic E-state index is 0.0829. The minimum Gasteiger partial charge on any atom is -0.497 e. The number of ether oxygens (including phenoxy) is 2. The SMILES string of the molecule is COCCN(CC(=O)N1N=C(c2ccc(OC)cc2)C[C@@H]1c1ccc(F)cc1)C(=O)c1ccccc1F. The molecule has 192 valence electrons. The van der Waals surface area contributed by atoms with Gasteiger partial charge in [-0.05, 0) is 59.7 Å². The van der Waals surface area contributed by atoms with E-state index in [1.807, 2.05) is 12.1 Å². The lowest BCUT2D eigenvalue weighted by Crippen LogP contribution is -2.43. The standard InChI is InChI=1S/C28H27F2N3O4/c1-36-16-15-32(28(35)23-5-3-4-6-24(23)30)18-27(34)33-26(20-7-11-21(29)12-8-20)17-25(31-33)19-9-13-22(37-2)14-10-19/h3-14,26H,15-18H2,1-2H3/t26-/m1/s1. The molecule has 0 bridgehead atoms. The van der Waals surface area contributed by atoms with Crippen molar-refractivity contribution in [3.63, 3.8) is 0 Å². The molecule has 37 heavy (non-hydrogen) atoms. The molecule has 9 heteroatoms. The molecule has 0 unspecified atom stereocenters. The van der Waals surface area contributed by atoms with E-state index in [-0.39, 0.29) is 25.3 Å². The Bertz CT molecular complexity index is 1280. The van der Waals surface area contributed by atoms with Gasteiger partial charge in [-0.1, -0.05) is 24.3 Å². The third kappa shape index (κ3) is 6.00. The van der Waals surface area contributed by atoms with Gasteiger partial charge in [0.1, 0.15) is 23.9 Å². The van der Waals surface area contributed by atoms with Crippen LogP contribution in [0.4, 0.5) is 8.78 Å². The Labute approximate surface area is 213 Å². The highest BCUT2D eigenvalue weighted by Crippen LogP contribution is 2.33. The van der Waals surface area contributed by atoms with Crippen molar-refractivity contribution in [1.82, 2.24) is 9.91 Å². The highest BCUT2D eigenvalue weighted by atomic mass is 19.1. The number of carbonyl (C=O) groups excluding carboxylic acids is 2. The summed E-state index contributed by atoms with van der Waals surface area (Å²) in [6.07, 6.45) is 0.392. The molecule has 0 aliphatic carbocycles. The molecule has 0 aromatic heterocycles. The molecule has 7 nitrogen and oxygen atoms in total. The largest absolute Gasteiger partial charge is 0.497 e. The smallest absolute Gasteiger partial charge is 0.262 e. The van der Waals surface area contributed by atoms with Crippen molar-refractivity contribution in [3.8, 4) is 5.75 Å². The first kappa shape index (κ1) is 26.0. The predicted octanol–water partition coefficient (Wildman–Crippen LogP) is 4.44. The van der Waals surface area contributed by atoms with Crippen LogP contribution in [0, 0.1) is 11.6 Å². The fraction of sp³-hybridized carbons (Fsp3) is 0.250. The van der Waals surface area contributed by atoms with Gasteiger partial charge >= 0.3 is 0 Å². The van der Waals surface area contributed by atoms with E-state index >= 15 is 0 Å². The van der Waals surface area contributed by atoms with Crippen LogP contribution in [0.5, 0.6) is 5.75 Å². The van der Waals surface area contributed by atoms with E-state index in [0.717, 1.165) is 5.56 Å². The van der Waals surface area contributed by atoms with Crippen LogP contribution in [-0.4, -0.2) is 61.4 Å².